The summed E-state index contributed by atoms with van der Waals surface area (Å²) in [5.41, 5.74) is 0.955. The molecule has 6 nitrogen and oxygen atoms in total. The number of carbonyl (C=O) groups is 1. The summed E-state index contributed by atoms with van der Waals surface area (Å²) < 4.78 is 41.7. The molecule has 1 aliphatic heterocycles. The van der Waals surface area contributed by atoms with Gasteiger partial charge in [0.2, 0.25) is 0 Å². The fourth-order valence-corrected chi connectivity index (χ4v) is 2.95. The molecule has 0 radical (unpaired) electrons. The number of carbonyl (C=O) groups excluding carboxylic acids is 1. The third-order valence-corrected chi connectivity index (χ3v) is 4.30. The number of rotatable bonds is 5. The van der Waals surface area contributed by atoms with Crippen molar-refractivity contribution in [2.24, 2.45) is 0 Å². The predicted octanol–water partition coefficient (Wildman–Crippen LogP) is 1.44. The molecule has 1 fully saturated rings. The van der Waals surface area contributed by atoms with E-state index in [2.05, 4.69) is 15.7 Å². The molecule has 0 bridgehead atoms. The lowest BCUT2D eigenvalue weighted by Crippen LogP contribution is -2.57. The van der Waals surface area contributed by atoms with E-state index in [1.807, 2.05) is 0 Å². The van der Waals surface area contributed by atoms with Crippen LogP contribution in [0.4, 0.5) is 13.2 Å². The number of alkyl halides is 3. The fraction of sp³-hybridized carbons (Fsp3) is 0.412. The second kappa shape index (κ2) is 7.88. The molecular weight excluding hydrogens is 347 g/mol. The van der Waals surface area contributed by atoms with E-state index in [-0.39, 0.29) is 0 Å². The minimum Gasteiger partial charge on any atom is -0.350 e. The van der Waals surface area contributed by atoms with Crippen LogP contribution in [0, 0.1) is 0 Å². The third kappa shape index (κ3) is 4.41. The molecule has 26 heavy (non-hydrogen) atoms. The van der Waals surface area contributed by atoms with Crippen LogP contribution >= 0.6 is 0 Å². The van der Waals surface area contributed by atoms with Gasteiger partial charge in [0, 0.05) is 50.7 Å². The number of aromatic nitrogens is 2. The van der Waals surface area contributed by atoms with Gasteiger partial charge in [-0.3, -0.25) is 9.69 Å². The Kier molecular flexibility index (Phi) is 5.58. The average Bonchev–Trinajstić information content (AvgIpc) is 3.16. The zero-order valence-corrected chi connectivity index (χ0v) is 14.0. The standard InChI is InChI=1S/C17H20F3N5O/c18-17(19,20)15(24-9-6-21-7-10-24)12-22-16(26)13-3-1-4-14(11-13)25-8-2-5-23-25/h1-5,8,11,15,21H,6-7,9-10,12H2,(H,22,26). The number of nitrogens with one attached hydrogen (secondary N) is 2. The van der Waals surface area contributed by atoms with Gasteiger partial charge in [0.1, 0.15) is 6.04 Å². The second-order valence-electron chi connectivity index (χ2n) is 6.05. The van der Waals surface area contributed by atoms with E-state index in [0.717, 1.165) is 0 Å². The number of amides is 1. The molecule has 2 heterocycles. The largest absolute Gasteiger partial charge is 0.405 e. The summed E-state index contributed by atoms with van der Waals surface area (Å²) >= 11 is 0. The van der Waals surface area contributed by atoms with Gasteiger partial charge >= 0.3 is 6.18 Å². The highest BCUT2D eigenvalue weighted by Gasteiger charge is 2.43. The van der Waals surface area contributed by atoms with Crippen molar-refractivity contribution in [3.8, 4) is 5.69 Å². The maximum absolute atomic E-state index is 13.4. The molecule has 140 valence electrons. The molecule has 1 atom stereocenters. The molecule has 3 rings (SSSR count). The number of hydrogen-bond acceptors (Lipinski definition) is 4. The highest BCUT2D eigenvalue weighted by Crippen LogP contribution is 2.25. The first kappa shape index (κ1) is 18.4. The van der Waals surface area contributed by atoms with Gasteiger partial charge in [-0.15, -0.1) is 0 Å². The minimum atomic E-state index is -4.40. The van der Waals surface area contributed by atoms with Crippen LogP contribution in [0.3, 0.4) is 0 Å². The zero-order valence-electron chi connectivity index (χ0n) is 14.0. The first-order valence-corrected chi connectivity index (χ1v) is 8.35. The van der Waals surface area contributed by atoms with Gasteiger partial charge in [-0.2, -0.15) is 18.3 Å². The van der Waals surface area contributed by atoms with Crippen LogP contribution in [-0.2, 0) is 0 Å². The van der Waals surface area contributed by atoms with Crippen molar-refractivity contribution in [3.05, 3.63) is 48.3 Å². The summed E-state index contributed by atoms with van der Waals surface area (Å²) in [6.45, 7) is 1.14. The van der Waals surface area contributed by atoms with Crippen LogP contribution in [0.5, 0.6) is 0 Å². The molecule has 1 aromatic carbocycles. The van der Waals surface area contributed by atoms with E-state index in [0.29, 0.717) is 37.4 Å². The van der Waals surface area contributed by atoms with Crippen LogP contribution < -0.4 is 10.6 Å². The van der Waals surface area contributed by atoms with E-state index >= 15 is 0 Å². The number of piperazine rings is 1. The molecule has 1 saturated heterocycles. The van der Waals surface area contributed by atoms with E-state index in [9.17, 15) is 18.0 Å². The molecule has 1 aliphatic rings. The Hall–Kier alpha value is -2.39. The lowest BCUT2D eigenvalue weighted by atomic mass is 10.1. The average molecular weight is 367 g/mol. The monoisotopic (exact) mass is 367 g/mol. The summed E-state index contributed by atoms with van der Waals surface area (Å²) in [5.74, 6) is -0.539. The first-order chi connectivity index (χ1) is 12.4. The van der Waals surface area contributed by atoms with Gasteiger partial charge in [0.25, 0.3) is 5.91 Å². The molecule has 9 heteroatoms. The first-order valence-electron chi connectivity index (χ1n) is 8.35. The quantitative estimate of drug-likeness (QED) is 0.840. The normalized spacial score (nSPS) is 17.0. The Morgan fingerprint density at radius 3 is 2.69 bits per heavy atom. The number of hydrogen-bond donors (Lipinski definition) is 2. The zero-order chi connectivity index (χ0) is 18.6. The molecule has 2 N–H and O–H groups in total. The SMILES string of the molecule is O=C(NCC(N1CCNCC1)C(F)(F)F)c1cccc(-n2cccn2)c1. The molecular formula is C17H20F3N5O. The van der Waals surface area contributed by atoms with E-state index < -0.39 is 24.7 Å². The molecule has 0 saturated carbocycles. The highest BCUT2D eigenvalue weighted by atomic mass is 19.4. The Morgan fingerprint density at radius 1 is 1.27 bits per heavy atom. The maximum atomic E-state index is 13.4. The third-order valence-electron chi connectivity index (χ3n) is 4.30. The second-order valence-corrected chi connectivity index (χ2v) is 6.05. The van der Waals surface area contributed by atoms with Gasteiger partial charge in [0.05, 0.1) is 5.69 Å². The molecule has 2 aromatic rings. The molecule has 1 aromatic heterocycles. The van der Waals surface area contributed by atoms with Crippen molar-refractivity contribution in [2.75, 3.05) is 32.7 Å². The minimum absolute atomic E-state index is 0.291. The smallest absolute Gasteiger partial charge is 0.350 e. The van der Waals surface area contributed by atoms with Gasteiger partial charge in [0.15, 0.2) is 0 Å². The number of halogens is 3. The van der Waals surface area contributed by atoms with E-state index in [1.165, 1.54) is 4.90 Å². The fourth-order valence-electron chi connectivity index (χ4n) is 2.95. The van der Waals surface area contributed by atoms with Crippen molar-refractivity contribution < 1.29 is 18.0 Å². The van der Waals surface area contributed by atoms with Crippen LogP contribution in [0.25, 0.3) is 5.69 Å². The van der Waals surface area contributed by atoms with Crippen molar-refractivity contribution in [3.63, 3.8) is 0 Å². The summed E-state index contributed by atoms with van der Waals surface area (Å²) in [5, 5.41) is 9.53. The van der Waals surface area contributed by atoms with Crippen LogP contribution in [0.1, 0.15) is 10.4 Å². The molecule has 1 unspecified atom stereocenters. The maximum Gasteiger partial charge on any atom is 0.405 e. The summed E-state index contributed by atoms with van der Waals surface area (Å²) in [6, 6.07) is 6.65. The number of benzene rings is 1. The molecule has 1 amide bonds. The summed E-state index contributed by atoms with van der Waals surface area (Å²) in [7, 11) is 0. The van der Waals surface area contributed by atoms with Gasteiger partial charge in [-0.1, -0.05) is 6.07 Å². The Bertz CT molecular complexity index is 726. The van der Waals surface area contributed by atoms with Crippen molar-refractivity contribution >= 4 is 5.91 Å². The lowest BCUT2D eigenvalue weighted by molar-refractivity contribution is -0.183. The lowest BCUT2D eigenvalue weighted by Gasteiger charge is -2.35. The Balaban J connectivity index is 1.67. The van der Waals surface area contributed by atoms with Gasteiger partial charge in [-0.05, 0) is 24.3 Å². The summed E-state index contributed by atoms with van der Waals surface area (Å²) in [6.07, 6.45) is -1.07. The molecule has 0 aliphatic carbocycles. The Morgan fingerprint density at radius 2 is 2.04 bits per heavy atom. The Labute approximate surface area is 149 Å². The van der Waals surface area contributed by atoms with Crippen LogP contribution in [0.15, 0.2) is 42.7 Å². The van der Waals surface area contributed by atoms with Gasteiger partial charge < -0.3 is 10.6 Å². The van der Waals surface area contributed by atoms with Crippen molar-refractivity contribution in [2.45, 2.75) is 12.2 Å². The van der Waals surface area contributed by atoms with Crippen molar-refractivity contribution in [1.29, 1.82) is 0 Å². The predicted molar refractivity (Wildman–Crippen MR) is 90.2 cm³/mol. The van der Waals surface area contributed by atoms with E-state index in [1.54, 1.807) is 47.4 Å². The highest BCUT2D eigenvalue weighted by molar-refractivity contribution is 5.94. The summed E-state index contributed by atoms with van der Waals surface area (Å²) in [4.78, 5) is 13.7. The number of nitrogens with zero attached hydrogens (tertiary/aromatic N) is 3. The molecule has 0 spiro atoms. The van der Waals surface area contributed by atoms with Crippen molar-refractivity contribution in [1.82, 2.24) is 25.3 Å². The topological polar surface area (TPSA) is 62.2 Å². The van der Waals surface area contributed by atoms with E-state index in [4.69, 9.17) is 0 Å². The van der Waals surface area contributed by atoms with Crippen LogP contribution in [0.2, 0.25) is 0 Å². The van der Waals surface area contributed by atoms with Gasteiger partial charge in [-0.25, -0.2) is 4.68 Å². The van der Waals surface area contributed by atoms with Crippen LogP contribution in [-0.4, -0.2) is 65.5 Å².